The average Bonchev–Trinajstić information content (AvgIpc) is 3.45. The van der Waals surface area contributed by atoms with Gasteiger partial charge in [0.25, 0.3) is 0 Å². The lowest BCUT2D eigenvalue weighted by molar-refractivity contribution is 0.482. The van der Waals surface area contributed by atoms with Gasteiger partial charge in [0.15, 0.2) is 5.11 Å². The molecule has 1 fully saturated rings. The third-order valence-corrected chi connectivity index (χ3v) is 7.87. The van der Waals surface area contributed by atoms with Crippen LogP contribution in [-0.2, 0) is 0 Å². The van der Waals surface area contributed by atoms with Gasteiger partial charge in [0.1, 0.15) is 11.5 Å². The Labute approximate surface area is 245 Å². The van der Waals surface area contributed by atoms with Crippen molar-refractivity contribution >= 4 is 34.6 Å². The second-order valence-corrected chi connectivity index (χ2v) is 10.9. The number of halogens is 1. The Kier molecular flexibility index (Phi) is 7.05. The van der Waals surface area contributed by atoms with Gasteiger partial charge in [-0.3, -0.25) is 4.98 Å². The molecule has 2 atom stereocenters. The monoisotopic (exact) mass is 564 g/mol. The highest BCUT2D eigenvalue weighted by Crippen LogP contribution is 2.44. The molecule has 0 radical (unpaired) electrons. The molecular formula is C33H29ClN4OS. The first kappa shape index (κ1) is 26.1. The zero-order valence-electron chi connectivity index (χ0n) is 22.5. The quantitative estimate of drug-likeness (QED) is 0.210. The maximum absolute atomic E-state index is 6.36. The van der Waals surface area contributed by atoms with Gasteiger partial charge >= 0.3 is 0 Å². The zero-order chi connectivity index (χ0) is 27.8. The summed E-state index contributed by atoms with van der Waals surface area (Å²) >= 11 is 12.3. The molecule has 7 heteroatoms. The van der Waals surface area contributed by atoms with E-state index in [9.17, 15) is 0 Å². The Balaban J connectivity index is 1.41. The third-order valence-electron chi connectivity index (χ3n) is 7.32. The van der Waals surface area contributed by atoms with Crippen LogP contribution in [0, 0.1) is 20.8 Å². The third kappa shape index (κ3) is 4.96. The van der Waals surface area contributed by atoms with Gasteiger partial charge in [-0.05, 0) is 111 Å². The molecule has 1 saturated heterocycles. The minimum absolute atomic E-state index is 0.120. The van der Waals surface area contributed by atoms with E-state index in [-0.39, 0.29) is 12.1 Å². The van der Waals surface area contributed by atoms with E-state index in [1.165, 1.54) is 11.1 Å². The number of nitrogens with zero attached hydrogens (tertiary/aromatic N) is 3. The van der Waals surface area contributed by atoms with E-state index in [0.29, 0.717) is 10.1 Å². The highest BCUT2D eigenvalue weighted by molar-refractivity contribution is 7.80. The van der Waals surface area contributed by atoms with E-state index in [1.54, 1.807) is 0 Å². The number of hydrogen-bond donors (Lipinski definition) is 1. The van der Waals surface area contributed by atoms with Crippen LogP contribution in [0.15, 0.2) is 103 Å². The van der Waals surface area contributed by atoms with Gasteiger partial charge in [-0.15, -0.1) is 0 Å². The summed E-state index contributed by atoms with van der Waals surface area (Å²) in [6.07, 6.45) is 1.83. The largest absolute Gasteiger partial charge is 0.457 e. The van der Waals surface area contributed by atoms with Crippen LogP contribution in [0.5, 0.6) is 11.5 Å². The maximum Gasteiger partial charge on any atom is 0.174 e. The maximum atomic E-state index is 6.36. The van der Waals surface area contributed by atoms with E-state index in [4.69, 9.17) is 33.5 Å². The number of pyridine rings is 1. The molecule has 5 nitrogen and oxygen atoms in total. The van der Waals surface area contributed by atoms with Crippen molar-refractivity contribution in [2.45, 2.75) is 32.9 Å². The molecule has 2 unspecified atom stereocenters. The molecule has 200 valence electrons. The number of aromatic nitrogens is 2. The topological polar surface area (TPSA) is 42.3 Å². The lowest BCUT2D eigenvalue weighted by atomic mass is 9.96. The van der Waals surface area contributed by atoms with Gasteiger partial charge < -0.3 is 19.5 Å². The number of hydrogen-bond acceptors (Lipinski definition) is 3. The number of aryl methyl sites for hydroxylation is 2. The second-order valence-electron chi connectivity index (χ2n) is 10.0. The van der Waals surface area contributed by atoms with Gasteiger partial charge in [0, 0.05) is 34.0 Å². The van der Waals surface area contributed by atoms with Crippen LogP contribution >= 0.6 is 23.8 Å². The van der Waals surface area contributed by atoms with Crippen molar-refractivity contribution in [3.63, 3.8) is 0 Å². The van der Waals surface area contributed by atoms with Crippen molar-refractivity contribution in [2.24, 2.45) is 0 Å². The minimum atomic E-state index is -0.134. The van der Waals surface area contributed by atoms with Crippen LogP contribution in [0.25, 0.3) is 5.69 Å². The van der Waals surface area contributed by atoms with E-state index in [1.807, 2.05) is 79.0 Å². The average molecular weight is 565 g/mol. The van der Waals surface area contributed by atoms with E-state index >= 15 is 0 Å². The summed E-state index contributed by atoms with van der Waals surface area (Å²) in [5.74, 6) is 1.57. The van der Waals surface area contributed by atoms with Crippen LogP contribution in [-0.4, -0.2) is 14.7 Å². The summed E-state index contributed by atoms with van der Waals surface area (Å²) < 4.78 is 8.33. The van der Waals surface area contributed by atoms with Crippen molar-refractivity contribution in [3.8, 4) is 17.2 Å². The Morgan fingerprint density at radius 1 is 0.825 bits per heavy atom. The van der Waals surface area contributed by atoms with Crippen LogP contribution < -0.4 is 15.0 Å². The predicted octanol–water partition coefficient (Wildman–Crippen LogP) is 8.42. The Bertz CT molecular complexity index is 1670. The predicted molar refractivity (Wildman–Crippen MR) is 166 cm³/mol. The Morgan fingerprint density at radius 2 is 1.55 bits per heavy atom. The van der Waals surface area contributed by atoms with Gasteiger partial charge in [-0.1, -0.05) is 41.4 Å². The SMILES string of the molecule is Cc1ccc(Oc2ccc(N3C(=S)NC(c4ccccn4)C3c3cc(C)n(-c4cccc(Cl)c4)c3C)cc2)cc1. The van der Waals surface area contributed by atoms with E-state index in [0.717, 1.165) is 40.0 Å². The molecule has 0 saturated carbocycles. The van der Waals surface area contributed by atoms with Gasteiger partial charge in [0.05, 0.1) is 17.8 Å². The zero-order valence-corrected chi connectivity index (χ0v) is 24.1. The van der Waals surface area contributed by atoms with Crippen molar-refractivity contribution in [1.82, 2.24) is 14.9 Å². The fourth-order valence-electron chi connectivity index (χ4n) is 5.47. The molecule has 5 aromatic rings. The van der Waals surface area contributed by atoms with Crippen LogP contribution in [0.1, 0.15) is 40.3 Å². The molecule has 0 bridgehead atoms. The molecule has 0 aliphatic carbocycles. The van der Waals surface area contributed by atoms with Gasteiger partial charge in [0.2, 0.25) is 0 Å². The summed E-state index contributed by atoms with van der Waals surface area (Å²) in [5, 5.41) is 4.92. The van der Waals surface area contributed by atoms with E-state index < -0.39 is 0 Å². The molecule has 0 amide bonds. The molecule has 1 N–H and O–H groups in total. The normalized spacial score (nSPS) is 16.7. The van der Waals surface area contributed by atoms with Crippen LogP contribution in [0.2, 0.25) is 5.02 Å². The van der Waals surface area contributed by atoms with Crippen LogP contribution in [0.3, 0.4) is 0 Å². The van der Waals surface area contributed by atoms with Gasteiger partial charge in [-0.2, -0.15) is 0 Å². The van der Waals surface area contributed by atoms with Crippen molar-refractivity contribution in [2.75, 3.05) is 4.90 Å². The van der Waals surface area contributed by atoms with Crippen molar-refractivity contribution in [1.29, 1.82) is 0 Å². The molecule has 3 aromatic carbocycles. The molecule has 6 rings (SSSR count). The fraction of sp³-hybridized carbons (Fsp3) is 0.152. The Morgan fingerprint density at radius 3 is 2.23 bits per heavy atom. The summed E-state index contributed by atoms with van der Waals surface area (Å²) in [6, 6.07) is 32.0. The summed E-state index contributed by atoms with van der Waals surface area (Å²) in [5.41, 5.74) is 7.55. The first-order valence-electron chi connectivity index (χ1n) is 13.2. The van der Waals surface area contributed by atoms with Crippen LogP contribution in [0.4, 0.5) is 5.69 Å². The molecule has 1 aliphatic heterocycles. The number of anilines is 1. The van der Waals surface area contributed by atoms with Crippen molar-refractivity contribution in [3.05, 3.63) is 136 Å². The highest BCUT2D eigenvalue weighted by Gasteiger charge is 2.42. The van der Waals surface area contributed by atoms with E-state index in [2.05, 4.69) is 59.8 Å². The summed E-state index contributed by atoms with van der Waals surface area (Å²) in [7, 11) is 0. The fourth-order valence-corrected chi connectivity index (χ4v) is 6.00. The number of benzene rings is 3. The second kappa shape index (κ2) is 10.8. The number of rotatable bonds is 6. The smallest absolute Gasteiger partial charge is 0.174 e. The lowest BCUT2D eigenvalue weighted by Gasteiger charge is -2.28. The molecular weight excluding hydrogens is 536 g/mol. The molecule has 1 aliphatic rings. The lowest BCUT2D eigenvalue weighted by Crippen LogP contribution is -2.29. The minimum Gasteiger partial charge on any atom is -0.457 e. The summed E-state index contributed by atoms with van der Waals surface area (Å²) in [6.45, 7) is 6.33. The molecule has 3 heterocycles. The van der Waals surface area contributed by atoms with Crippen molar-refractivity contribution < 1.29 is 4.74 Å². The highest BCUT2D eigenvalue weighted by atomic mass is 35.5. The first-order valence-corrected chi connectivity index (χ1v) is 14.0. The number of nitrogens with one attached hydrogen (secondary N) is 1. The molecule has 40 heavy (non-hydrogen) atoms. The molecule has 2 aromatic heterocycles. The Hall–Kier alpha value is -4.13. The summed E-state index contributed by atoms with van der Waals surface area (Å²) in [4.78, 5) is 6.89. The number of thiocarbonyl (C=S) groups is 1. The first-order chi connectivity index (χ1) is 19.4. The molecule has 0 spiro atoms. The number of ether oxygens (including phenoxy) is 1. The standard InChI is InChI=1S/C33H29ClN4OS/c1-21-10-14-27(15-11-21)39-28-16-12-25(13-17-28)38-32(31(36-33(38)40)30-9-4-5-18-35-30)29-19-22(2)37(23(29)3)26-8-6-7-24(34)20-26/h4-20,31-32H,1-3H3,(H,36,40). The van der Waals surface area contributed by atoms with Gasteiger partial charge in [-0.25, -0.2) is 0 Å².